The van der Waals surface area contributed by atoms with Gasteiger partial charge in [-0.3, -0.25) is 25.6 Å². The number of nitro groups is 1. The molecule has 0 amide bonds. The van der Waals surface area contributed by atoms with Crippen LogP contribution in [-0.2, 0) is 0 Å². The molecule has 0 aromatic rings. The zero-order chi connectivity index (χ0) is 19.8. The minimum absolute atomic E-state index is 0.0659. The number of hydrogen-bond donors (Lipinski definition) is 3. The van der Waals surface area contributed by atoms with Crippen LogP contribution in [0.2, 0.25) is 0 Å². The number of hydrogen-bond acceptors (Lipinski definition) is 6. The van der Waals surface area contributed by atoms with Gasteiger partial charge in [0.05, 0.1) is 18.6 Å². The largest absolute Gasteiger partial charge is 0.393 e. The summed E-state index contributed by atoms with van der Waals surface area (Å²) in [4.78, 5) is 13.2. The zero-order valence-corrected chi connectivity index (χ0v) is 15.8. The molecule has 3 aliphatic rings. The molecule has 7 unspecified atom stereocenters. The summed E-state index contributed by atoms with van der Waals surface area (Å²) in [5.74, 6) is -1.51. The van der Waals surface area contributed by atoms with E-state index in [4.69, 9.17) is 17.3 Å². The van der Waals surface area contributed by atoms with Crippen LogP contribution in [0, 0.1) is 27.9 Å². The molecule has 0 aromatic carbocycles. The van der Waals surface area contributed by atoms with Crippen LogP contribution >= 0.6 is 11.6 Å². The van der Waals surface area contributed by atoms with E-state index < -0.39 is 35.8 Å². The minimum Gasteiger partial charge on any atom is -0.330 e. The Balaban J connectivity index is 1.69. The van der Waals surface area contributed by atoms with E-state index in [1.165, 1.54) is 0 Å². The Kier molecular flexibility index (Phi) is 6.52. The average molecular weight is 414 g/mol. The topological polar surface area (TPSA) is 96.5 Å². The van der Waals surface area contributed by atoms with Gasteiger partial charge in [-0.05, 0) is 44.1 Å². The number of likely N-dealkylation sites (tertiary alicyclic amines) is 1. The lowest BCUT2D eigenvalue weighted by molar-refractivity contribution is -0.532. The van der Waals surface area contributed by atoms with Gasteiger partial charge in [-0.1, -0.05) is 0 Å². The Morgan fingerprint density at radius 3 is 2.63 bits per heavy atom. The van der Waals surface area contributed by atoms with Crippen LogP contribution in [0.4, 0.5) is 13.2 Å². The van der Waals surface area contributed by atoms with E-state index in [2.05, 4.69) is 10.6 Å². The smallest absolute Gasteiger partial charge is 0.330 e. The van der Waals surface area contributed by atoms with Gasteiger partial charge in [-0.15, -0.1) is 11.6 Å². The first-order valence-corrected chi connectivity index (χ1v) is 9.92. The Hall–Kier alpha value is -0.680. The maximum absolute atomic E-state index is 13.3. The van der Waals surface area contributed by atoms with Crippen LogP contribution in [0.15, 0.2) is 0 Å². The third-order valence-electron chi connectivity index (χ3n) is 6.27. The predicted octanol–water partition coefficient (Wildman–Crippen LogP) is 1.34. The Morgan fingerprint density at radius 1 is 1.30 bits per heavy atom. The van der Waals surface area contributed by atoms with E-state index in [1.807, 2.05) is 4.90 Å². The maximum atomic E-state index is 13.3. The number of rotatable bonds is 4. The molecule has 0 radical (unpaired) electrons. The summed E-state index contributed by atoms with van der Waals surface area (Å²) in [7, 11) is 0. The van der Waals surface area contributed by atoms with Crippen molar-refractivity contribution >= 4 is 11.6 Å². The molecule has 0 aromatic heterocycles. The zero-order valence-electron chi connectivity index (χ0n) is 15.0. The third-order valence-corrected chi connectivity index (χ3v) is 6.80. The van der Waals surface area contributed by atoms with Crippen LogP contribution in [-0.4, -0.2) is 65.9 Å². The van der Waals surface area contributed by atoms with Gasteiger partial charge >= 0.3 is 6.18 Å². The predicted molar refractivity (Wildman–Crippen MR) is 94.8 cm³/mol. The molecule has 2 heterocycles. The van der Waals surface area contributed by atoms with Gasteiger partial charge in [0.2, 0.25) is 0 Å². The molecule has 0 spiro atoms. The second-order valence-electron chi connectivity index (χ2n) is 7.97. The number of nitrogens with two attached hydrogens (primary N) is 1. The molecule has 7 atom stereocenters. The van der Waals surface area contributed by atoms with Crippen molar-refractivity contribution in [3.05, 3.63) is 10.1 Å². The van der Waals surface area contributed by atoms with Gasteiger partial charge < -0.3 is 5.73 Å². The van der Waals surface area contributed by atoms with E-state index in [0.29, 0.717) is 38.4 Å². The van der Waals surface area contributed by atoms with E-state index in [9.17, 15) is 23.3 Å². The van der Waals surface area contributed by atoms with Crippen molar-refractivity contribution in [3.63, 3.8) is 0 Å². The quantitative estimate of drug-likeness (QED) is 0.365. The molecule has 156 valence electrons. The van der Waals surface area contributed by atoms with Crippen molar-refractivity contribution in [2.24, 2.45) is 23.5 Å². The fourth-order valence-corrected chi connectivity index (χ4v) is 5.04. The van der Waals surface area contributed by atoms with Crippen molar-refractivity contribution in [1.82, 2.24) is 15.5 Å². The Labute approximate surface area is 161 Å². The summed E-state index contributed by atoms with van der Waals surface area (Å²) in [5.41, 5.74) is 5.72. The van der Waals surface area contributed by atoms with Crippen LogP contribution < -0.4 is 16.4 Å². The number of halogens is 4. The molecule has 4 N–H and O–H groups in total. The minimum atomic E-state index is -4.33. The molecular formula is C16H27ClF3N5O2. The van der Waals surface area contributed by atoms with Gasteiger partial charge in [0, 0.05) is 23.4 Å². The fourth-order valence-electron chi connectivity index (χ4n) is 4.67. The van der Waals surface area contributed by atoms with E-state index >= 15 is 0 Å². The first kappa shape index (κ1) is 21.0. The summed E-state index contributed by atoms with van der Waals surface area (Å²) in [6.45, 7) is 2.04. The molecular weight excluding hydrogens is 387 g/mol. The summed E-state index contributed by atoms with van der Waals surface area (Å²) in [6, 6.07) is -0.847. The van der Waals surface area contributed by atoms with Crippen LogP contribution in [0.1, 0.15) is 25.7 Å². The standard InChI is InChI=1S/C16H27ClF3N5O2/c17-12-2-1-10(5-11(12)16(18,19)20)14-22-7-13(25(26)27)15(23-14)24-4-3-9(6-21)8-24/h9-15,22-23H,1-8,21H2. The summed E-state index contributed by atoms with van der Waals surface area (Å²) >= 11 is 5.93. The molecule has 7 nitrogen and oxygen atoms in total. The monoisotopic (exact) mass is 413 g/mol. The molecule has 3 rings (SSSR count). The highest BCUT2D eigenvalue weighted by Crippen LogP contribution is 2.43. The lowest BCUT2D eigenvalue weighted by Gasteiger charge is -2.44. The van der Waals surface area contributed by atoms with Crippen LogP contribution in [0.3, 0.4) is 0 Å². The second kappa shape index (κ2) is 8.36. The number of nitrogens with zero attached hydrogens (tertiary/aromatic N) is 2. The first-order chi connectivity index (χ1) is 12.7. The molecule has 27 heavy (non-hydrogen) atoms. The van der Waals surface area contributed by atoms with Crippen LogP contribution in [0.5, 0.6) is 0 Å². The SMILES string of the molecule is NCC1CCN(C2NC(C3CCC(Cl)C(C(F)(F)F)C3)NCC2[N+](=O)[O-])C1. The van der Waals surface area contributed by atoms with Crippen molar-refractivity contribution in [2.45, 2.75) is 55.6 Å². The van der Waals surface area contributed by atoms with Crippen molar-refractivity contribution < 1.29 is 18.1 Å². The van der Waals surface area contributed by atoms with Crippen molar-refractivity contribution in [3.8, 4) is 0 Å². The first-order valence-electron chi connectivity index (χ1n) is 9.48. The second-order valence-corrected chi connectivity index (χ2v) is 8.53. The van der Waals surface area contributed by atoms with Gasteiger partial charge in [-0.25, -0.2) is 0 Å². The Bertz CT molecular complexity index is 541. The molecule has 1 saturated carbocycles. The van der Waals surface area contributed by atoms with Crippen molar-refractivity contribution in [2.75, 3.05) is 26.2 Å². The van der Waals surface area contributed by atoms with E-state index in [-0.39, 0.29) is 23.8 Å². The lowest BCUT2D eigenvalue weighted by Crippen LogP contribution is -2.70. The highest BCUT2D eigenvalue weighted by Gasteiger charge is 2.50. The highest BCUT2D eigenvalue weighted by molar-refractivity contribution is 6.20. The van der Waals surface area contributed by atoms with Gasteiger partial charge in [0.15, 0.2) is 0 Å². The van der Waals surface area contributed by atoms with Gasteiger partial charge in [0.25, 0.3) is 6.04 Å². The highest BCUT2D eigenvalue weighted by atomic mass is 35.5. The molecule has 3 fully saturated rings. The number of nitrogens with one attached hydrogen (secondary N) is 2. The van der Waals surface area contributed by atoms with Crippen LogP contribution in [0.25, 0.3) is 0 Å². The Morgan fingerprint density at radius 2 is 2.04 bits per heavy atom. The number of alkyl halides is 4. The van der Waals surface area contributed by atoms with E-state index in [1.54, 1.807) is 0 Å². The molecule has 11 heteroatoms. The third kappa shape index (κ3) is 4.67. The summed E-state index contributed by atoms with van der Waals surface area (Å²) in [5, 5.41) is 16.9. The molecule has 2 saturated heterocycles. The summed E-state index contributed by atoms with van der Waals surface area (Å²) in [6.07, 6.45) is -3.55. The van der Waals surface area contributed by atoms with Gasteiger partial charge in [-0.2, -0.15) is 13.2 Å². The molecule has 1 aliphatic carbocycles. The molecule has 2 aliphatic heterocycles. The van der Waals surface area contributed by atoms with Crippen molar-refractivity contribution in [1.29, 1.82) is 0 Å². The fraction of sp³-hybridized carbons (Fsp3) is 1.00. The lowest BCUT2D eigenvalue weighted by atomic mass is 9.78. The average Bonchev–Trinajstić information content (AvgIpc) is 3.09. The normalized spacial score (nSPS) is 41.6. The van der Waals surface area contributed by atoms with E-state index in [0.717, 1.165) is 6.42 Å². The molecule has 0 bridgehead atoms. The summed E-state index contributed by atoms with van der Waals surface area (Å²) < 4.78 is 39.8. The maximum Gasteiger partial charge on any atom is 0.393 e. The van der Waals surface area contributed by atoms with Gasteiger partial charge in [0.1, 0.15) is 6.17 Å².